The topological polar surface area (TPSA) is 29.5 Å². The van der Waals surface area contributed by atoms with E-state index in [9.17, 15) is 5.11 Å². The van der Waals surface area contributed by atoms with Gasteiger partial charge in [0.2, 0.25) is 0 Å². The largest absolute Gasteiger partial charge is 0.497 e. The van der Waals surface area contributed by atoms with Crippen LogP contribution in [-0.2, 0) is 0 Å². The number of hydrogen-bond donors (Lipinski definition) is 1. The molecule has 0 aliphatic heterocycles. The fraction of sp³-hybridized carbons (Fsp3) is 0.200. The van der Waals surface area contributed by atoms with Crippen molar-refractivity contribution in [1.82, 2.24) is 0 Å². The summed E-state index contributed by atoms with van der Waals surface area (Å²) in [4.78, 5) is 0. The SMILES string of the molecule is COc1ccc([C@@H](CO)c2ccccc2)cc1. The molecule has 0 spiro atoms. The second-order valence-corrected chi connectivity index (χ2v) is 3.92. The molecule has 17 heavy (non-hydrogen) atoms. The molecule has 1 N–H and O–H groups in total. The summed E-state index contributed by atoms with van der Waals surface area (Å²) in [5, 5.41) is 9.53. The fourth-order valence-corrected chi connectivity index (χ4v) is 1.92. The molecule has 0 bridgehead atoms. The lowest BCUT2D eigenvalue weighted by Gasteiger charge is -2.15. The lowest BCUT2D eigenvalue weighted by atomic mass is 9.92. The average molecular weight is 228 g/mol. The van der Waals surface area contributed by atoms with Crippen LogP contribution in [0.2, 0.25) is 0 Å². The molecule has 0 aliphatic rings. The molecule has 2 aromatic carbocycles. The molecule has 0 aliphatic carbocycles. The van der Waals surface area contributed by atoms with E-state index in [1.54, 1.807) is 7.11 Å². The Labute approximate surface area is 101 Å². The van der Waals surface area contributed by atoms with Gasteiger partial charge >= 0.3 is 0 Å². The highest BCUT2D eigenvalue weighted by Gasteiger charge is 2.12. The second kappa shape index (κ2) is 5.51. The van der Waals surface area contributed by atoms with Crippen molar-refractivity contribution in [3.8, 4) is 5.75 Å². The molecule has 2 aromatic rings. The molecule has 0 heterocycles. The number of ether oxygens (including phenoxy) is 1. The number of benzene rings is 2. The Bertz CT molecular complexity index is 448. The molecule has 2 nitrogen and oxygen atoms in total. The zero-order chi connectivity index (χ0) is 12.1. The van der Waals surface area contributed by atoms with Crippen LogP contribution in [0, 0.1) is 0 Å². The number of hydrogen-bond acceptors (Lipinski definition) is 2. The van der Waals surface area contributed by atoms with Gasteiger partial charge in [-0.15, -0.1) is 0 Å². The third-order valence-electron chi connectivity index (χ3n) is 2.90. The average Bonchev–Trinajstić information content (AvgIpc) is 2.42. The second-order valence-electron chi connectivity index (χ2n) is 3.92. The van der Waals surface area contributed by atoms with Crippen LogP contribution in [0.15, 0.2) is 54.6 Å². The van der Waals surface area contributed by atoms with Crippen molar-refractivity contribution < 1.29 is 9.84 Å². The normalized spacial score (nSPS) is 12.1. The molecule has 0 saturated carbocycles. The first-order valence-electron chi connectivity index (χ1n) is 5.65. The summed E-state index contributed by atoms with van der Waals surface area (Å²) in [6.45, 7) is 0.107. The van der Waals surface area contributed by atoms with Gasteiger partial charge in [-0.2, -0.15) is 0 Å². The number of aliphatic hydroxyl groups is 1. The monoisotopic (exact) mass is 228 g/mol. The quantitative estimate of drug-likeness (QED) is 0.872. The highest BCUT2D eigenvalue weighted by atomic mass is 16.5. The number of rotatable bonds is 4. The molecular weight excluding hydrogens is 212 g/mol. The minimum atomic E-state index is 0.0297. The maximum atomic E-state index is 9.53. The van der Waals surface area contributed by atoms with Crippen molar-refractivity contribution in [3.05, 3.63) is 65.7 Å². The molecule has 2 rings (SSSR count). The van der Waals surface area contributed by atoms with Gasteiger partial charge in [0.15, 0.2) is 0 Å². The Morgan fingerprint density at radius 2 is 1.53 bits per heavy atom. The highest BCUT2D eigenvalue weighted by Crippen LogP contribution is 2.25. The lowest BCUT2D eigenvalue weighted by molar-refractivity contribution is 0.280. The van der Waals surface area contributed by atoms with E-state index < -0.39 is 0 Å². The molecule has 0 fully saturated rings. The van der Waals surface area contributed by atoms with E-state index in [2.05, 4.69) is 0 Å². The van der Waals surface area contributed by atoms with Crippen LogP contribution in [0.4, 0.5) is 0 Å². The maximum absolute atomic E-state index is 9.53. The summed E-state index contributed by atoms with van der Waals surface area (Å²) in [5.74, 6) is 0.862. The highest BCUT2D eigenvalue weighted by molar-refractivity contribution is 5.36. The first-order valence-corrected chi connectivity index (χ1v) is 5.65. The van der Waals surface area contributed by atoms with E-state index in [0.717, 1.165) is 16.9 Å². The molecule has 0 unspecified atom stereocenters. The van der Waals surface area contributed by atoms with E-state index in [1.807, 2.05) is 54.6 Å². The zero-order valence-electron chi connectivity index (χ0n) is 9.84. The third-order valence-corrected chi connectivity index (χ3v) is 2.90. The van der Waals surface area contributed by atoms with Gasteiger partial charge in [-0.1, -0.05) is 42.5 Å². The fourth-order valence-electron chi connectivity index (χ4n) is 1.92. The number of methoxy groups -OCH3 is 1. The van der Waals surface area contributed by atoms with Gasteiger partial charge in [-0.3, -0.25) is 0 Å². The third kappa shape index (κ3) is 2.66. The number of aliphatic hydroxyl groups excluding tert-OH is 1. The van der Waals surface area contributed by atoms with Gasteiger partial charge in [-0.05, 0) is 23.3 Å². The Balaban J connectivity index is 2.29. The molecule has 88 valence electrons. The van der Waals surface area contributed by atoms with Gasteiger partial charge in [0.1, 0.15) is 5.75 Å². The molecular formula is C15H16O2. The van der Waals surface area contributed by atoms with Gasteiger partial charge in [0.05, 0.1) is 13.7 Å². The van der Waals surface area contributed by atoms with Crippen molar-refractivity contribution in [3.63, 3.8) is 0 Å². The van der Waals surface area contributed by atoms with Crippen LogP contribution in [0.3, 0.4) is 0 Å². The maximum Gasteiger partial charge on any atom is 0.118 e. The minimum absolute atomic E-state index is 0.0297. The summed E-state index contributed by atoms with van der Waals surface area (Å²) in [6, 6.07) is 17.8. The predicted molar refractivity (Wildman–Crippen MR) is 68.4 cm³/mol. The van der Waals surface area contributed by atoms with Gasteiger partial charge < -0.3 is 9.84 Å². The van der Waals surface area contributed by atoms with Crippen molar-refractivity contribution in [1.29, 1.82) is 0 Å². The summed E-state index contributed by atoms with van der Waals surface area (Å²) < 4.78 is 5.13. The van der Waals surface area contributed by atoms with E-state index in [1.165, 1.54) is 0 Å². The van der Waals surface area contributed by atoms with Crippen LogP contribution >= 0.6 is 0 Å². The summed E-state index contributed by atoms with van der Waals surface area (Å²) in [6.07, 6.45) is 0. The first-order chi connectivity index (χ1) is 8.35. The van der Waals surface area contributed by atoms with Crippen molar-refractivity contribution in [2.24, 2.45) is 0 Å². The first kappa shape index (κ1) is 11.7. The van der Waals surface area contributed by atoms with Crippen LogP contribution in [-0.4, -0.2) is 18.8 Å². The molecule has 2 heteroatoms. The zero-order valence-corrected chi connectivity index (χ0v) is 9.84. The van der Waals surface area contributed by atoms with Gasteiger partial charge in [-0.25, -0.2) is 0 Å². The molecule has 0 aromatic heterocycles. The van der Waals surface area contributed by atoms with Crippen LogP contribution < -0.4 is 4.74 Å². The Kier molecular flexibility index (Phi) is 3.78. The van der Waals surface area contributed by atoms with Crippen LogP contribution in [0.25, 0.3) is 0 Å². The minimum Gasteiger partial charge on any atom is -0.497 e. The molecule has 0 amide bonds. The van der Waals surface area contributed by atoms with E-state index >= 15 is 0 Å². The van der Waals surface area contributed by atoms with E-state index in [-0.39, 0.29) is 12.5 Å². The van der Waals surface area contributed by atoms with Crippen LogP contribution in [0.5, 0.6) is 5.75 Å². The molecule has 1 atom stereocenters. The smallest absolute Gasteiger partial charge is 0.118 e. The van der Waals surface area contributed by atoms with Gasteiger partial charge in [0, 0.05) is 5.92 Å². The van der Waals surface area contributed by atoms with Crippen molar-refractivity contribution in [2.45, 2.75) is 5.92 Å². The van der Waals surface area contributed by atoms with Crippen molar-refractivity contribution in [2.75, 3.05) is 13.7 Å². The Hall–Kier alpha value is -1.80. The molecule has 0 saturated heterocycles. The summed E-state index contributed by atoms with van der Waals surface area (Å²) in [7, 11) is 1.65. The standard InChI is InChI=1S/C15H16O2/c1-17-14-9-7-13(8-10-14)15(11-16)12-5-3-2-4-6-12/h2-10,15-16H,11H2,1H3/t15-/m0/s1. The Morgan fingerprint density at radius 3 is 2.06 bits per heavy atom. The summed E-state index contributed by atoms with van der Waals surface area (Å²) >= 11 is 0. The van der Waals surface area contributed by atoms with Crippen molar-refractivity contribution >= 4 is 0 Å². The van der Waals surface area contributed by atoms with E-state index in [4.69, 9.17) is 4.74 Å². The molecule has 0 radical (unpaired) electrons. The van der Waals surface area contributed by atoms with Gasteiger partial charge in [0.25, 0.3) is 0 Å². The van der Waals surface area contributed by atoms with Crippen LogP contribution in [0.1, 0.15) is 17.0 Å². The van der Waals surface area contributed by atoms with E-state index in [0.29, 0.717) is 0 Å². The lowest BCUT2D eigenvalue weighted by Crippen LogP contribution is -2.05. The summed E-state index contributed by atoms with van der Waals surface area (Å²) in [5.41, 5.74) is 2.22. The Morgan fingerprint density at radius 1 is 0.941 bits per heavy atom. The predicted octanol–water partition coefficient (Wildman–Crippen LogP) is 2.82.